The van der Waals surface area contributed by atoms with Gasteiger partial charge >= 0.3 is 5.69 Å². The molecule has 1 saturated heterocycles. The minimum Gasteiger partial charge on any atom is -0.387 e. The topological polar surface area (TPSA) is 111 Å². The minimum atomic E-state index is -2.82. The number of fused-ring (bicyclic) bond motifs is 1. The third-order valence-electron chi connectivity index (χ3n) is 3.29. The largest absolute Gasteiger partial charge is 0.387 e. The van der Waals surface area contributed by atoms with Gasteiger partial charge in [0.1, 0.15) is 18.0 Å². The molecule has 1 saturated carbocycles. The molecular formula is C9H9ClFN3O4. The summed E-state index contributed by atoms with van der Waals surface area (Å²) >= 11 is 5.59. The highest BCUT2D eigenvalue weighted by Crippen LogP contribution is 2.63. The summed E-state index contributed by atoms with van der Waals surface area (Å²) in [6.45, 7) is 0. The molecule has 0 spiro atoms. The highest BCUT2D eigenvalue weighted by atomic mass is 35.5. The smallest absolute Gasteiger partial charge is 0.351 e. The van der Waals surface area contributed by atoms with Gasteiger partial charge in [0.25, 0.3) is 5.13 Å². The standard InChI is InChI=1S/C9H9ClFN3O4/c10-9(11)6(18-5-4(15)8(5,9)17)14-2-1-3(12)13-7(14)16/h1-2,4-6,15,17H,(H2,12,13,16). The van der Waals surface area contributed by atoms with Crippen molar-refractivity contribution >= 4 is 17.4 Å². The average molecular weight is 278 g/mol. The Morgan fingerprint density at radius 3 is 2.83 bits per heavy atom. The second-order valence-electron chi connectivity index (χ2n) is 4.34. The van der Waals surface area contributed by atoms with Gasteiger partial charge in [-0.15, -0.1) is 0 Å². The summed E-state index contributed by atoms with van der Waals surface area (Å²) in [6, 6.07) is 1.27. The number of aliphatic hydroxyl groups is 2. The van der Waals surface area contributed by atoms with E-state index in [-0.39, 0.29) is 5.82 Å². The van der Waals surface area contributed by atoms with E-state index >= 15 is 0 Å². The van der Waals surface area contributed by atoms with E-state index in [0.717, 1.165) is 10.8 Å². The quantitative estimate of drug-likeness (QED) is 0.552. The summed E-state index contributed by atoms with van der Waals surface area (Å²) in [7, 11) is 0. The number of rotatable bonds is 1. The highest BCUT2D eigenvalue weighted by molar-refractivity contribution is 6.24. The maximum Gasteiger partial charge on any atom is 0.351 e. The molecule has 9 heteroatoms. The fourth-order valence-corrected chi connectivity index (χ4v) is 2.53. The lowest BCUT2D eigenvalue weighted by Crippen LogP contribution is -2.45. The lowest BCUT2D eigenvalue weighted by molar-refractivity contribution is -0.0850. The summed E-state index contributed by atoms with van der Waals surface area (Å²) in [5.74, 6) is -0.0304. The number of anilines is 1. The van der Waals surface area contributed by atoms with E-state index in [9.17, 15) is 19.4 Å². The Hall–Kier alpha value is -1.22. The van der Waals surface area contributed by atoms with Crippen molar-refractivity contribution in [3.8, 4) is 0 Å². The van der Waals surface area contributed by atoms with Gasteiger partial charge in [-0.05, 0) is 6.07 Å². The van der Waals surface area contributed by atoms with Gasteiger partial charge in [-0.1, -0.05) is 11.6 Å². The number of nitrogens with two attached hydrogens (primary N) is 1. The molecule has 0 radical (unpaired) electrons. The van der Waals surface area contributed by atoms with Crippen LogP contribution in [0.3, 0.4) is 0 Å². The van der Waals surface area contributed by atoms with Gasteiger partial charge in [0, 0.05) is 6.20 Å². The fraction of sp³-hybridized carbons (Fsp3) is 0.556. The molecular weight excluding hydrogens is 269 g/mol. The molecule has 0 amide bonds. The average Bonchev–Trinajstić information content (AvgIpc) is 2.72. The maximum absolute atomic E-state index is 14.3. The Bertz CT molecular complexity index is 579. The zero-order valence-corrected chi connectivity index (χ0v) is 9.58. The van der Waals surface area contributed by atoms with Crippen molar-refractivity contribution in [2.45, 2.75) is 29.2 Å². The van der Waals surface area contributed by atoms with Crippen LogP contribution in [0.2, 0.25) is 0 Å². The number of halogens is 2. The van der Waals surface area contributed by atoms with E-state index in [0.29, 0.717) is 0 Å². The minimum absolute atomic E-state index is 0.0304. The van der Waals surface area contributed by atoms with Crippen molar-refractivity contribution in [3.05, 3.63) is 22.7 Å². The first-order chi connectivity index (χ1) is 8.30. The lowest BCUT2D eigenvalue weighted by atomic mass is 10.1. The van der Waals surface area contributed by atoms with Crippen molar-refractivity contribution < 1.29 is 19.3 Å². The number of aliphatic hydroxyl groups excluding tert-OH is 1. The molecule has 2 aliphatic rings. The number of nitrogens with zero attached hydrogens (tertiary/aromatic N) is 2. The van der Waals surface area contributed by atoms with Gasteiger partial charge in [0.05, 0.1) is 0 Å². The van der Waals surface area contributed by atoms with E-state index in [4.69, 9.17) is 22.1 Å². The molecule has 0 aromatic carbocycles. The molecule has 2 heterocycles. The van der Waals surface area contributed by atoms with Crippen molar-refractivity contribution in [1.82, 2.24) is 9.55 Å². The van der Waals surface area contributed by atoms with E-state index < -0.39 is 34.9 Å². The van der Waals surface area contributed by atoms with Gasteiger partial charge in [0.15, 0.2) is 11.8 Å². The van der Waals surface area contributed by atoms with Crippen LogP contribution in [0, 0.1) is 0 Å². The van der Waals surface area contributed by atoms with Crippen LogP contribution in [-0.2, 0) is 4.74 Å². The number of hydrogen-bond donors (Lipinski definition) is 3. The fourth-order valence-electron chi connectivity index (χ4n) is 2.16. The Morgan fingerprint density at radius 2 is 2.33 bits per heavy atom. The summed E-state index contributed by atoms with van der Waals surface area (Å²) in [6.07, 6.45) is -2.98. The molecule has 7 nitrogen and oxygen atoms in total. The van der Waals surface area contributed by atoms with Gasteiger partial charge < -0.3 is 20.7 Å². The Balaban J connectivity index is 2.03. The summed E-state index contributed by atoms with van der Waals surface area (Å²) in [5, 5.41) is 16.3. The Morgan fingerprint density at radius 1 is 1.67 bits per heavy atom. The van der Waals surface area contributed by atoms with Gasteiger partial charge in [-0.2, -0.15) is 4.98 Å². The van der Waals surface area contributed by atoms with Gasteiger partial charge in [-0.25, -0.2) is 9.18 Å². The van der Waals surface area contributed by atoms with Crippen LogP contribution in [-0.4, -0.2) is 42.7 Å². The van der Waals surface area contributed by atoms with Crippen LogP contribution in [0.1, 0.15) is 6.23 Å². The van der Waals surface area contributed by atoms with Crippen LogP contribution >= 0.6 is 11.6 Å². The Labute approximate surface area is 105 Å². The second-order valence-corrected chi connectivity index (χ2v) is 4.89. The lowest BCUT2D eigenvalue weighted by Gasteiger charge is -2.27. The van der Waals surface area contributed by atoms with Crippen LogP contribution in [0.5, 0.6) is 0 Å². The molecule has 5 atom stereocenters. The van der Waals surface area contributed by atoms with E-state index in [2.05, 4.69) is 4.98 Å². The van der Waals surface area contributed by atoms with Crippen molar-refractivity contribution in [2.75, 3.05) is 5.73 Å². The molecule has 0 bridgehead atoms. The molecule has 1 aliphatic heterocycles. The van der Waals surface area contributed by atoms with Gasteiger partial charge in [0.2, 0.25) is 0 Å². The molecule has 2 fully saturated rings. The number of aromatic nitrogens is 2. The first kappa shape index (κ1) is 11.8. The zero-order valence-electron chi connectivity index (χ0n) is 8.83. The van der Waals surface area contributed by atoms with E-state index in [1.165, 1.54) is 6.07 Å². The van der Waals surface area contributed by atoms with E-state index in [1.54, 1.807) is 0 Å². The normalized spacial score (nSPS) is 45.9. The Kier molecular flexibility index (Phi) is 2.11. The molecule has 18 heavy (non-hydrogen) atoms. The first-order valence-corrected chi connectivity index (χ1v) is 5.46. The van der Waals surface area contributed by atoms with Gasteiger partial charge in [-0.3, -0.25) is 4.57 Å². The van der Waals surface area contributed by atoms with Crippen molar-refractivity contribution in [2.24, 2.45) is 0 Å². The molecule has 98 valence electrons. The second kappa shape index (κ2) is 3.21. The summed E-state index contributed by atoms with van der Waals surface area (Å²) in [5.41, 5.74) is 2.23. The van der Waals surface area contributed by atoms with Crippen molar-refractivity contribution in [1.29, 1.82) is 0 Å². The number of nitrogen functional groups attached to an aromatic ring is 1. The number of hydrogen-bond acceptors (Lipinski definition) is 6. The van der Waals surface area contributed by atoms with Crippen LogP contribution in [0.4, 0.5) is 10.2 Å². The van der Waals surface area contributed by atoms with E-state index in [1.807, 2.05) is 0 Å². The van der Waals surface area contributed by atoms with Crippen LogP contribution < -0.4 is 11.4 Å². The van der Waals surface area contributed by atoms with Crippen molar-refractivity contribution in [3.63, 3.8) is 0 Å². The predicted octanol–water partition coefficient (Wildman–Crippen LogP) is -1.27. The third-order valence-corrected chi connectivity index (χ3v) is 3.78. The molecule has 1 aromatic rings. The summed E-state index contributed by atoms with van der Waals surface area (Å²) in [4.78, 5) is 14.9. The highest BCUT2D eigenvalue weighted by Gasteiger charge is 2.85. The molecule has 4 N–H and O–H groups in total. The maximum atomic E-state index is 14.3. The molecule has 3 rings (SSSR count). The molecule has 5 unspecified atom stereocenters. The molecule has 1 aromatic heterocycles. The third kappa shape index (κ3) is 1.18. The zero-order chi connectivity index (χ0) is 13.3. The number of alkyl halides is 2. The first-order valence-electron chi connectivity index (χ1n) is 5.08. The van der Waals surface area contributed by atoms with Crippen LogP contribution in [0.15, 0.2) is 17.1 Å². The van der Waals surface area contributed by atoms with Crippen LogP contribution in [0.25, 0.3) is 0 Å². The number of ether oxygens (including phenoxy) is 1. The molecule has 1 aliphatic carbocycles. The summed E-state index contributed by atoms with van der Waals surface area (Å²) < 4.78 is 20.1. The SMILES string of the molecule is Nc1ccn(C2OC3C(O)C3(O)C2(F)Cl)c(=O)n1. The predicted molar refractivity (Wildman–Crippen MR) is 57.5 cm³/mol. The monoisotopic (exact) mass is 277 g/mol.